The molecule has 0 saturated carbocycles. The smallest absolute Gasteiger partial charge is 0.475 e. The van der Waals surface area contributed by atoms with E-state index in [0.29, 0.717) is 25.0 Å². The van der Waals surface area contributed by atoms with Crippen molar-refractivity contribution in [2.24, 2.45) is 0 Å². The second-order valence-corrected chi connectivity index (χ2v) is 13.6. The van der Waals surface area contributed by atoms with Gasteiger partial charge in [0, 0.05) is 25.2 Å². The molecule has 26 heteroatoms. The van der Waals surface area contributed by atoms with Gasteiger partial charge in [0.05, 0.1) is 31.1 Å². The van der Waals surface area contributed by atoms with Crippen LogP contribution in [0.5, 0.6) is 0 Å². The number of carboxylic acid groups (broad SMARTS) is 2. The number of phosphoric ester groups is 1. The molecule has 2 aromatic heterocycles. The van der Waals surface area contributed by atoms with Gasteiger partial charge in [-0.05, 0) is 25.3 Å². The molecule has 0 spiro atoms. The Bertz CT molecular complexity index is 1710. The second-order valence-electron chi connectivity index (χ2n) is 12.2. The standard InChI is InChI=1S/C27H40N7O18P/c28-16-5-6-34(26(46)29-16)24-22(43)21(42)15(50-24)11-49-53(47,48)52-27(25(44)45)7-13(36)19(23(51-27)20(41)14(37)10-35)30-17(38)9-33-8-12(31-32-33)3-1-2-4-18(39)40/h5-6,8,13-15,19-24,35-37,41-43H,1-4,7,9-11H2,(H,30,38)(H,39,40)(H,44,45)(H,47,48)(H2,28,29,46)/t13-,14+,15+,19+,20+,21+,22+,23+,24+,27+/m0/s1. The second kappa shape index (κ2) is 17.4. The zero-order valence-electron chi connectivity index (χ0n) is 27.5. The van der Waals surface area contributed by atoms with Gasteiger partial charge >= 0.3 is 25.5 Å². The largest absolute Gasteiger partial charge is 0.481 e. The number of nitrogen functional groups attached to an aromatic ring is 1. The highest BCUT2D eigenvalue weighted by atomic mass is 31.2. The maximum Gasteiger partial charge on any atom is 0.475 e. The van der Waals surface area contributed by atoms with Gasteiger partial charge in [-0.15, -0.1) is 5.10 Å². The minimum Gasteiger partial charge on any atom is -0.481 e. The van der Waals surface area contributed by atoms with E-state index >= 15 is 0 Å². The highest BCUT2D eigenvalue weighted by Crippen LogP contribution is 2.51. The van der Waals surface area contributed by atoms with Crippen LogP contribution in [0.25, 0.3) is 0 Å². The van der Waals surface area contributed by atoms with Crippen molar-refractivity contribution >= 4 is 31.5 Å². The van der Waals surface area contributed by atoms with Crippen molar-refractivity contribution in [3.8, 4) is 0 Å². The molecule has 0 radical (unpaired) electrons. The van der Waals surface area contributed by atoms with Crippen LogP contribution in [0.2, 0.25) is 0 Å². The van der Waals surface area contributed by atoms with Gasteiger partial charge < -0.3 is 66.3 Å². The summed E-state index contributed by atoms with van der Waals surface area (Å²) in [6.45, 7) is -2.72. The minimum atomic E-state index is -5.62. The number of nitrogens with zero attached hydrogens (tertiary/aromatic N) is 5. The minimum absolute atomic E-state index is 0.0447. The van der Waals surface area contributed by atoms with Gasteiger partial charge in [0.2, 0.25) is 5.91 Å². The highest BCUT2D eigenvalue weighted by molar-refractivity contribution is 7.47. The van der Waals surface area contributed by atoms with Crippen LogP contribution in [0.15, 0.2) is 23.3 Å². The SMILES string of the molecule is Nc1ccn([C@@H]2O[C@H](COP(=O)(O)O[C@@]3(C(=O)O)C[C@H](O)[C@@H](NC(=O)Cn4cc(CCCCC(=O)O)nn4)[C@H]([C@H](O)[C@H](O)CO)O3)[C@@H](O)[C@H]2O)c(=O)n1. The number of aromatic nitrogens is 5. The zero-order valence-corrected chi connectivity index (χ0v) is 28.4. The number of carbonyl (C=O) groups excluding carboxylic acids is 1. The Kier molecular flexibility index (Phi) is 13.7. The number of nitrogens with one attached hydrogen (secondary N) is 1. The third-order valence-electron chi connectivity index (χ3n) is 8.24. The molecule has 2 fully saturated rings. The molecule has 0 aliphatic carbocycles. The molecule has 25 nitrogen and oxygen atoms in total. The van der Waals surface area contributed by atoms with Crippen LogP contribution in [0.3, 0.4) is 0 Å². The molecule has 4 heterocycles. The molecule has 1 amide bonds. The number of amides is 1. The molecular formula is C27H40N7O18P. The fraction of sp³-hybridized carbons (Fsp3) is 0.667. The summed E-state index contributed by atoms with van der Waals surface area (Å²) >= 11 is 0. The molecule has 2 aliphatic heterocycles. The Balaban J connectivity index is 1.45. The molecule has 0 aromatic carbocycles. The van der Waals surface area contributed by atoms with Gasteiger partial charge in [0.15, 0.2) is 6.23 Å². The number of hydrogen-bond acceptors (Lipinski definition) is 19. The topological polar surface area (TPSA) is 391 Å². The molecule has 4 rings (SSSR count). The van der Waals surface area contributed by atoms with Crippen molar-refractivity contribution in [3.63, 3.8) is 0 Å². The summed E-state index contributed by atoms with van der Waals surface area (Å²) in [4.78, 5) is 62.3. The first-order valence-electron chi connectivity index (χ1n) is 15.9. The Morgan fingerprint density at radius 1 is 1.17 bits per heavy atom. The molecule has 2 aromatic rings. The van der Waals surface area contributed by atoms with E-state index in [9.17, 15) is 64.4 Å². The van der Waals surface area contributed by atoms with Crippen LogP contribution in [-0.2, 0) is 50.4 Å². The maximum atomic E-state index is 13.1. The molecular weight excluding hydrogens is 741 g/mol. The number of unbranched alkanes of at least 4 members (excludes halogenated alkanes) is 1. The molecule has 296 valence electrons. The Morgan fingerprint density at radius 3 is 2.53 bits per heavy atom. The van der Waals surface area contributed by atoms with E-state index in [1.54, 1.807) is 0 Å². The molecule has 0 bridgehead atoms. The maximum absolute atomic E-state index is 13.1. The van der Waals surface area contributed by atoms with Gasteiger partial charge in [0.25, 0.3) is 5.79 Å². The van der Waals surface area contributed by atoms with E-state index in [2.05, 4.69) is 20.6 Å². The van der Waals surface area contributed by atoms with Crippen LogP contribution in [0.4, 0.5) is 5.82 Å². The van der Waals surface area contributed by atoms with Gasteiger partial charge in [-0.2, -0.15) is 4.98 Å². The number of rotatable bonds is 18. The van der Waals surface area contributed by atoms with E-state index in [-0.39, 0.29) is 12.2 Å². The van der Waals surface area contributed by atoms with Gasteiger partial charge in [0.1, 0.15) is 49.0 Å². The average molecular weight is 782 g/mol. The number of aliphatic hydroxyl groups is 6. The van der Waals surface area contributed by atoms with Crippen molar-refractivity contribution in [1.29, 1.82) is 0 Å². The Morgan fingerprint density at radius 2 is 1.89 bits per heavy atom. The summed E-state index contributed by atoms with van der Waals surface area (Å²) < 4.78 is 35.4. The number of aliphatic hydroxyl groups excluding tert-OH is 6. The zero-order chi connectivity index (χ0) is 39.2. The van der Waals surface area contributed by atoms with Gasteiger partial charge in [-0.1, -0.05) is 5.21 Å². The Labute approximate surface area is 297 Å². The lowest BCUT2D eigenvalue weighted by atomic mass is 9.88. The van der Waals surface area contributed by atoms with Gasteiger partial charge in [-0.3, -0.25) is 18.7 Å². The molecule has 2 saturated heterocycles. The molecule has 2 aliphatic rings. The monoisotopic (exact) mass is 781 g/mol. The average Bonchev–Trinajstić information content (AvgIpc) is 3.64. The predicted molar refractivity (Wildman–Crippen MR) is 168 cm³/mol. The first kappa shape index (κ1) is 41.8. The van der Waals surface area contributed by atoms with Crippen molar-refractivity contribution in [1.82, 2.24) is 29.9 Å². The van der Waals surface area contributed by atoms with Crippen LogP contribution in [0, 0.1) is 0 Å². The summed E-state index contributed by atoms with van der Waals surface area (Å²) in [6, 6.07) is -0.546. The van der Waals surface area contributed by atoms with Crippen LogP contribution in [-0.4, -0.2) is 156 Å². The van der Waals surface area contributed by atoms with Crippen LogP contribution >= 0.6 is 7.82 Å². The van der Waals surface area contributed by atoms with Gasteiger partial charge in [-0.25, -0.2) is 23.4 Å². The Hall–Kier alpha value is -3.98. The quantitative estimate of drug-likeness (QED) is 0.0497. The number of anilines is 1. The predicted octanol–water partition coefficient (Wildman–Crippen LogP) is -5.20. The third-order valence-corrected chi connectivity index (χ3v) is 9.24. The number of phosphoric acid groups is 1. The normalized spacial score (nSPS) is 29.6. The van der Waals surface area contributed by atoms with Crippen molar-refractivity contribution in [2.75, 3.05) is 18.9 Å². The summed E-state index contributed by atoms with van der Waals surface area (Å²) in [5.41, 5.74) is 4.91. The number of hydrogen-bond donors (Lipinski definition) is 11. The van der Waals surface area contributed by atoms with E-state index < -0.39 is 118 Å². The lowest BCUT2D eigenvalue weighted by Gasteiger charge is -2.46. The lowest BCUT2D eigenvalue weighted by molar-refractivity contribution is -0.289. The molecule has 1 unspecified atom stereocenters. The van der Waals surface area contributed by atoms with Crippen LogP contribution in [0.1, 0.15) is 37.6 Å². The molecule has 53 heavy (non-hydrogen) atoms. The van der Waals surface area contributed by atoms with Crippen molar-refractivity contribution < 1.29 is 83.2 Å². The number of aliphatic carboxylic acids is 2. The number of ether oxygens (including phenoxy) is 2. The number of carbonyl (C=O) groups is 3. The molecule has 11 atom stereocenters. The first-order valence-corrected chi connectivity index (χ1v) is 17.4. The van der Waals surface area contributed by atoms with Crippen LogP contribution < -0.4 is 16.7 Å². The molecule has 12 N–H and O–H groups in total. The first-order chi connectivity index (χ1) is 24.9. The fourth-order valence-electron chi connectivity index (χ4n) is 5.57. The number of nitrogens with two attached hydrogens (primary N) is 1. The summed E-state index contributed by atoms with van der Waals surface area (Å²) in [5.74, 6) is -7.47. The number of carboxylic acids is 2. The third kappa shape index (κ3) is 10.4. The summed E-state index contributed by atoms with van der Waals surface area (Å²) in [6.07, 6.45) is -12.8. The van der Waals surface area contributed by atoms with E-state index in [4.69, 9.17) is 29.4 Å². The summed E-state index contributed by atoms with van der Waals surface area (Å²) in [5, 5.41) is 91.1. The van der Waals surface area contributed by atoms with E-state index in [0.717, 1.165) is 15.4 Å². The summed E-state index contributed by atoms with van der Waals surface area (Å²) in [7, 11) is -5.62. The number of aryl methyl sites for hydroxylation is 1. The van der Waals surface area contributed by atoms with Crippen molar-refractivity contribution in [3.05, 3.63) is 34.6 Å². The van der Waals surface area contributed by atoms with E-state index in [1.165, 1.54) is 12.3 Å². The van der Waals surface area contributed by atoms with Crippen molar-refractivity contribution in [2.45, 2.75) is 99.4 Å². The lowest BCUT2D eigenvalue weighted by Crippen LogP contribution is -2.68. The van der Waals surface area contributed by atoms with E-state index in [1.807, 2.05) is 0 Å². The fourth-order valence-corrected chi connectivity index (χ4v) is 6.53. The highest BCUT2D eigenvalue weighted by Gasteiger charge is 2.59.